The largest absolute Gasteiger partial charge is 0.320 e. The fraction of sp³-hybridized carbons (Fsp3) is 0.250. The molecule has 0 radical (unpaired) electrons. The molecule has 1 atom stereocenters. The molecule has 2 heterocycles. The zero-order valence-electron chi connectivity index (χ0n) is 14.6. The van der Waals surface area contributed by atoms with Crippen LogP contribution in [0.5, 0.6) is 0 Å². The van der Waals surface area contributed by atoms with Gasteiger partial charge in [-0.3, -0.25) is 9.69 Å². The molecule has 1 N–H and O–H groups in total. The van der Waals surface area contributed by atoms with Crippen LogP contribution in [0.3, 0.4) is 0 Å². The van der Waals surface area contributed by atoms with Gasteiger partial charge < -0.3 is 5.32 Å². The van der Waals surface area contributed by atoms with Crippen LogP contribution in [0.25, 0.3) is 0 Å². The summed E-state index contributed by atoms with van der Waals surface area (Å²) in [7, 11) is 0. The molecule has 1 amide bonds. The summed E-state index contributed by atoms with van der Waals surface area (Å²) >= 11 is 1.30. The van der Waals surface area contributed by atoms with Gasteiger partial charge in [0.1, 0.15) is 10.8 Å². The first-order valence-electron chi connectivity index (χ1n) is 8.87. The molecule has 138 valence electrons. The molecule has 1 aliphatic heterocycles. The number of rotatable bonds is 5. The van der Waals surface area contributed by atoms with Crippen molar-refractivity contribution in [3.05, 3.63) is 76.0 Å². The van der Waals surface area contributed by atoms with Crippen LogP contribution < -0.4 is 5.32 Å². The maximum Gasteiger partial charge on any atom is 0.286 e. The minimum atomic E-state index is -0.343. The second-order valence-corrected chi connectivity index (χ2v) is 7.56. The first kappa shape index (κ1) is 17.8. The molecule has 27 heavy (non-hydrogen) atoms. The van der Waals surface area contributed by atoms with E-state index >= 15 is 0 Å². The SMILES string of the molecule is O=C(Nc1ccc(F)cc1)c1nnc(CN2CCCC2c2ccccc2)s1. The van der Waals surface area contributed by atoms with Gasteiger partial charge in [0.25, 0.3) is 5.91 Å². The Morgan fingerprint density at radius 2 is 1.93 bits per heavy atom. The predicted molar refractivity (Wildman–Crippen MR) is 103 cm³/mol. The van der Waals surface area contributed by atoms with Crippen LogP contribution in [-0.2, 0) is 6.54 Å². The Morgan fingerprint density at radius 1 is 1.15 bits per heavy atom. The first-order valence-corrected chi connectivity index (χ1v) is 9.69. The molecule has 7 heteroatoms. The molecule has 1 unspecified atom stereocenters. The number of anilines is 1. The van der Waals surface area contributed by atoms with E-state index in [4.69, 9.17) is 0 Å². The lowest BCUT2D eigenvalue weighted by atomic mass is 10.0. The van der Waals surface area contributed by atoms with E-state index in [-0.39, 0.29) is 11.7 Å². The zero-order valence-corrected chi connectivity index (χ0v) is 15.5. The lowest BCUT2D eigenvalue weighted by Crippen LogP contribution is -2.22. The third-order valence-corrected chi connectivity index (χ3v) is 5.56. The number of hydrogen-bond acceptors (Lipinski definition) is 5. The highest BCUT2D eigenvalue weighted by Crippen LogP contribution is 2.33. The second-order valence-electron chi connectivity index (χ2n) is 6.50. The minimum Gasteiger partial charge on any atom is -0.320 e. The Kier molecular flexibility index (Phi) is 5.22. The van der Waals surface area contributed by atoms with E-state index in [0.29, 0.717) is 23.3 Å². The van der Waals surface area contributed by atoms with E-state index in [1.165, 1.54) is 41.2 Å². The van der Waals surface area contributed by atoms with Crippen LogP contribution in [0.1, 0.15) is 39.3 Å². The number of halogens is 1. The van der Waals surface area contributed by atoms with Gasteiger partial charge in [-0.15, -0.1) is 10.2 Å². The van der Waals surface area contributed by atoms with Gasteiger partial charge in [-0.2, -0.15) is 0 Å². The van der Waals surface area contributed by atoms with Crippen molar-refractivity contribution < 1.29 is 9.18 Å². The highest BCUT2D eigenvalue weighted by Gasteiger charge is 2.27. The third kappa shape index (κ3) is 4.20. The number of amides is 1. The van der Waals surface area contributed by atoms with Crippen molar-refractivity contribution in [2.24, 2.45) is 0 Å². The van der Waals surface area contributed by atoms with Crippen LogP contribution in [0, 0.1) is 5.82 Å². The normalized spacial score (nSPS) is 17.1. The molecule has 2 aromatic carbocycles. The van der Waals surface area contributed by atoms with E-state index in [9.17, 15) is 9.18 Å². The van der Waals surface area contributed by atoms with Crippen molar-refractivity contribution >= 4 is 22.9 Å². The highest BCUT2D eigenvalue weighted by molar-refractivity contribution is 7.13. The average molecular weight is 382 g/mol. The molecule has 5 nitrogen and oxygen atoms in total. The summed E-state index contributed by atoms with van der Waals surface area (Å²) in [5.74, 6) is -0.670. The molecule has 0 bridgehead atoms. The van der Waals surface area contributed by atoms with E-state index in [1.54, 1.807) is 0 Å². The Bertz CT molecular complexity index is 913. The summed E-state index contributed by atoms with van der Waals surface area (Å²) in [4.78, 5) is 14.7. The van der Waals surface area contributed by atoms with Crippen molar-refractivity contribution in [3.8, 4) is 0 Å². The van der Waals surface area contributed by atoms with Crippen LogP contribution in [0.4, 0.5) is 10.1 Å². The number of nitrogens with zero attached hydrogens (tertiary/aromatic N) is 3. The number of carbonyl (C=O) groups is 1. The topological polar surface area (TPSA) is 58.1 Å². The smallest absolute Gasteiger partial charge is 0.286 e. The van der Waals surface area contributed by atoms with Gasteiger partial charge >= 0.3 is 0 Å². The first-order chi connectivity index (χ1) is 13.2. The van der Waals surface area contributed by atoms with Crippen molar-refractivity contribution in [2.45, 2.75) is 25.4 Å². The lowest BCUT2D eigenvalue weighted by molar-refractivity contribution is 0.102. The van der Waals surface area contributed by atoms with E-state index in [2.05, 4.69) is 44.7 Å². The predicted octanol–water partition coefficient (Wildman–Crippen LogP) is 4.27. The number of carbonyl (C=O) groups excluding carboxylic acids is 1. The van der Waals surface area contributed by atoms with Crippen LogP contribution in [-0.4, -0.2) is 27.5 Å². The lowest BCUT2D eigenvalue weighted by Gasteiger charge is -2.23. The molecule has 1 aromatic heterocycles. The Balaban J connectivity index is 1.41. The quantitative estimate of drug-likeness (QED) is 0.716. The minimum absolute atomic E-state index is 0.310. The highest BCUT2D eigenvalue weighted by atomic mass is 32.1. The summed E-state index contributed by atoms with van der Waals surface area (Å²) in [6, 6.07) is 16.5. The fourth-order valence-electron chi connectivity index (χ4n) is 3.37. The van der Waals surface area contributed by atoms with Crippen molar-refractivity contribution in [3.63, 3.8) is 0 Å². The van der Waals surface area contributed by atoms with Gasteiger partial charge in [-0.05, 0) is 49.2 Å². The molecule has 3 aromatic rings. The Hall–Kier alpha value is -2.64. The summed E-state index contributed by atoms with van der Waals surface area (Å²) in [6.07, 6.45) is 2.27. The summed E-state index contributed by atoms with van der Waals surface area (Å²) in [5.41, 5.74) is 1.84. The molecular formula is C20H19FN4OS. The summed E-state index contributed by atoms with van der Waals surface area (Å²) in [6.45, 7) is 1.69. The molecule has 0 saturated carbocycles. The standard InChI is InChI=1S/C20H19FN4OS/c21-15-8-10-16(11-9-15)22-19(26)20-24-23-18(27-20)13-25-12-4-7-17(25)14-5-2-1-3-6-14/h1-3,5-6,8-11,17H,4,7,12-13H2,(H,22,26). The monoisotopic (exact) mass is 382 g/mol. The van der Waals surface area contributed by atoms with Crippen molar-refractivity contribution in [1.29, 1.82) is 0 Å². The van der Waals surface area contributed by atoms with Crippen molar-refractivity contribution in [1.82, 2.24) is 15.1 Å². The molecule has 0 spiro atoms. The van der Waals surface area contributed by atoms with Crippen LogP contribution in [0.2, 0.25) is 0 Å². The van der Waals surface area contributed by atoms with E-state index in [1.807, 2.05) is 6.07 Å². The van der Waals surface area contributed by atoms with Gasteiger partial charge in [0.15, 0.2) is 0 Å². The molecule has 1 fully saturated rings. The number of likely N-dealkylation sites (tertiary alicyclic amines) is 1. The molecular weight excluding hydrogens is 363 g/mol. The van der Waals surface area contributed by atoms with Crippen LogP contribution >= 0.6 is 11.3 Å². The Labute approximate surface area is 160 Å². The van der Waals surface area contributed by atoms with Gasteiger partial charge in [0.2, 0.25) is 5.01 Å². The van der Waals surface area contributed by atoms with Gasteiger partial charge in [0, 0.05) is 11.7 Å². The molecule has 1 saturated heterocycles. The van der Waals surface area contributed by atoms with Crippen molar-refractivity contribution in [2.75, 3.05) is 11.9 Å². The maximum absolute atomic E-state index is 13.0. The number of benzene rings is 2. The maximum atomic E-state index is 13.0. The van der Waals surface area contributed by atoms with E-state index in [0.717, 1.165) is 24.4 Å². The number of nitrogens with one attached hydrogen (secondary N) is 1. The van der Waals surface area contributed by atoms with Gasteiger partial charge in [-0.25, -0.2) is 4.39 Å². The number of hydrogen-bond donors (Lipinski definition) is 1. The molecule has 0 aliphatic carbocycles. The van der Waals surface area contributed by atoms with Gasteiger partial charge in [0.05, 0.1) is 6.54 Å². The third-order valence-electron chi connectivity index (χ3n) is 4.65. The van der Waals surface area contributed by atoms with Gasteiger partial charge in [-0.1, -0.05) is 41.7 Å². The summed E-state index contributed by atoms with van der Waals surface area (Å²) < 4.78 is 13.0. The molecule has 1 aliphatic rings. The zero-order chi connectivity index (χ0) is 18.6. The van der Waals surface area contributed by atoms with E-state index < -0.39 is 0 Å². The molecule has 4 rings (SSSR count). The fourth-order valence-corrected chi connectivity index (χ4v) is 4.13. The Morgan fingerprint density at radius 3 is 2.70 bits per heavy atom. The number of aromatic nitrogens is 2. The summed E-state index contributed by atoms with van der Waals surface area (Å²) in [5, 5.41) is 12.1. The second kappa shape index (κ2) is 7.94. The van der Waals surface area contributed by atoms with Crippen LogP contribution in [0.15, 0.2) is 54.6 Å². The average Bonchev–Trinajstić information content (AvgIpc) is 3.34.